The minimum absolute atomic E-state index is 0. The van der Waals surface area contributed by atoms with Gasteiger partial charge in [-0.05, 0) is 0 Å². The molecule has 0 saturated carbocycles. The monoisotopic (exact) mass is 190 g/mol. The standard InChI is InChI=1S/Al.3ClH.2Mg.7H/h;3*1H;;;;;;;;;/q;;;;2*+2;;;;4*-1. The summed E-state index contributed by atoms with van der Waals surface area (Å²) in [6.07, 6.45) is 0. The largest absolute Gasteiger partial charge is 2.00 e. The average Bonchev–Trinajstić information content (AvgIpc) is 0. The molecule has 0 amide bonds. The van der Waals surface area contributed by atoms with E-state index >= 15 is 0 Å². The van der Waals surface area contributed by atoms with Crippen molar-refractivity contribution in [2.24, 2.45) is 0 Å². The third-order valence-electron chi connectivity index (χ3n) is 0. The molecule has 0 atom stereocenters. The molecule has 0 saturated heterocycles. The van der Waals surface area contributed by atoms with Gasteiger partial charge in [0, 0.05) is 0 Å². The van der Waals surface area contributed by atoms with Crippen LogP contribution >= 0.6 is 37.2 Å². The second kappa shape index (κ2) is 44.3. The molecule has 6 heteroatoms. The van der Waals surface area contributed by atoms with E-state index < -0.39 is 0 Å². The van der Waals surface area contributed by atoms with Crippen molar-refractivity contribution in [3.63, 3.8) is 0 Å². The molecule has 6 heavy (non-hydrogen) atoms. The number of halogens is 3. The first-order valence-electron chi connectivity index (χ1n) is 0. The van der Waals surface area contributed by atoms with Gasteiger partial charge in [0.15, 0.2) is 17.4 Å². The molecule has 0 aliphatic carbocycles. The maximum atomic E-state index is 0. The minimum atomic E-state index is 0. The molecule has 0 aliphatic heterocycles. The Morgan fingerprint density at radius 2 is 0.667 bits per heavy atom. The third kappa shape index (κ3) is 28.4. The van der Waals surface area contributed by atoms with E-state index in [-0.39, 0.29) is 106 Å². The van der Waals surface area contributed by atoms with Gasteiger partial charge in [0.05, 0.1) is 0 Å². The van der Waals surface area contributed by atoms with Crippen LogP contribution in [0.15, 0.2) is 0 Å². The van der Waals surface area contributed by atoms with Gasteiger partial charge in [0.2, 0.25) is 0 Å². The maximum absolute atomic E-state index is 0. The molecule has 0 nitrogen and oxygen atoms in total. The van der Waals surface area contributed by atoms with E-state index in [1.54, 1.807) is 0 Å². The summed E-state index contributed by atoms with van der Waals surface area (Å²) in [5, 5.41) is 0. The zero-order valence-electron chi connectivity index (χ0n) is 6.64. The van der Waals surface area contributed by atoms with Gasteiger partial charge in [-0.1, -0.05) is 0 Å². The van der Waals surface area contributed by atoms with Gasteiger partial charge in [0.1, 0.15) is 0 Å². The molecule has 0 heterocycles. The van der Waals surface area contributed by atoms with Crippen molar-refractivity contribution in [3.8, 4) is 0 Å². The summed E-state index contributed by atoms with van der Waals surface area (Å²) in [5.74, 6) is 0. The van der Waals surface area contributed by atoms with Crippen molar-refractivity contribution >= 4 is 101 Å². The van der Waals surface area contributed by atoms with Crippen LogP contribution in [0.5, 0.6) is 0 Å². The van der Waals surface area contributed by atoms with E-state index in [0.717, 1.165) is 0 Å². The zero-order chi connectivity index (χ0) is 0. The molecule has 0 radical (unpaired) electrons. The first kappa shape index (κ1) is 65.3. The molecular formula is H10AlCl3Mg2. The Labute approximate surface area is 105 Å². The van der Waals surface area contributed by atoms with Crippen molar-refractivity contribution in [2.75, 3.05) is 0 Å². The second-order valence-electron chi connectivity index (χ2n) is 0. The van der Waals surface area contributed by atoms with E-state index in [1.807, 2.05) is 0 Å². The maximum Gasteiger partial charge on any atom is 2.00 e. The fraction of sp³-hybridized carbons (Fsp3) is 0. The van der Waals surface area contributed by atoms with Gasteiger partial charge < -0.3 is 5.71 Å². The predicted molar refractivity (Wildman–Crippen MR) is 47.6 cm³/mol. The molecule has 0 unspecified atom stereocenters. The average molecular weight is 192 g/mol. The van der Waals surface area contributed by atoms with Gasteiger partial charge in [-0.2, -0.15) is 0 Å². The first-order valence-corrected chi connectivity index (χ1v) is 0. The molecule has 0 bridgehead atoms. The third-order valence-corrected chi connectivity index (χ3v) is 0. The fourth-order valence-corrected chi connectivity index (χ4v) is 0. The number of hydrogen-bond acceptors (Lipinski definition) is 0. The van der Waals surface area contributed by atoms with Crippen molar-refractivity contribution in [2.45, 2.75) is 0 Å². The predicted octanol–water partition coefficient (Wildman–Crippen LogP) is -0.230. The van der Waals surface area contributed by atoms with Crippen LogP contribution in [0.4, 0.5) is 0 Å². The summed E-state index contributed by atoms with van der Waals surface area (Å²) >= 11 is 0. The summed E-state index contributed by atoms with van der Waals surface area (Å²) in [6.45, 7) is 0. The Bertz CT molecular complexity index is 18.5. The van der Waals surface area contributed by atoms with E-state index in [2.05, 4.69) is 0 Å². The molecule has 0 fully saturated rings. The smallest absolute Gasteiger partial charge is 1.00 e. The molecule has 0 aromatic rings. The molecule has 0 rings (SSSR count). The Morgan fingerprint density at radius 1 is 0.667 bits per heavy atom. The van der Waals surface area contributed by atoms with Crippen molar-refractivity contribution in [1.29, 1.82) is 0 Å². The summed E-state index contributed by atoms with van der Waals surface area (Å²) in [4.78, 5) is 0. The van der Waals surface area contributed by atoms with Gasteiger partial charge in [-0.15, -0.1) is 37.2 Å². The van der Waals surface area contributed by atoms with Crippen LogP contribution in [0.1, 0.15) is 5.71 Å². The zero-order valence-corrected chi connectivity index (χ0v) is 7.92. The molecule has 0 N–H and O–H groups in total. The van der Waals surface area contributed by atoms with Crippen LogP contribution in [-0.4, -0.2) is 63.5 Å². The quantitative estimate of drug-likeness (QED) is 0.465. The normalized spacial score (nSPS) is 0. The molecule has 0 aromatic carbocycles. The van der Waals surface area contributed by atoms with Crippen molar-refractivity contribution in [3.05, 3.63) is 0 Å². The van der Waals surface area contributed by atoms with Gasteiger partial charge in [-0.25, -0.2) is 0 Å². The van der Waals surface area contributed by atoms with Crippen molar-refractivity contribution in [1.82, 2.24) is 0 Å². The van der Waals surface area contributed by atoms with Crippen LogP contribution in [0.25, 0.3) is 0 Å². The van der Waals surface area contributed by atoms with Crippen LogP contribution in [0.2, 0.25) is 0 Å². The van der Waals surface area contributed by atoms with E-state index in [4.69, 9.17) is 0 Å². The Morgan fingerprint density at radius 3 is 0.667 bits per heavy atom. The fourth-order valence-electron chi connectivity index (χ4n) is 0. The van der Waals surface area contributed by atoms with Crippen LogP contribution in [0, 0.1) is 0 Å². The second-order valence-corrected chi connectivity index (χ2v) is 0. The number of rotatable bonds is 0. The SMILES string of the molecule is Cl.Cl.Cl.[AlH3].[H-].[H-].[H-].[H-].[Mg+2].[Mg+2]. The first-order chi connectivity index (χ1) is 0. The Hall–Kier alpha value is 2.93. The van der Waals surface area contributed by atoms with E-state index in [0.29, 0.717) is 0 Å². The summed E-state index contributed by atoms with van der Waals surface area (Å²) in [7, 11) is 0. The molecule has 0 spiro atoms. The van der Waals surface area contributed by atoms with E-state index in [9.17, 15) is 0 Å². The van der Waals surface area contributed by atoms with Gasteiger partial charge >= 0.3 is 46.1 Å². The summed E-state index contributed by atoms with van der Waals surface area (Å²) < 4.78 is 0. The van der Waals surface area contributed by atoms with Crippen LogP contribution in [-0.2, 0) is 0 Å². The Balaban J connectivity index is 0. The summed E-state index contributed by atoms with van der Waals surface area (Å²) in [6, 6.07) is 0. The minimum Gasteiger partial charge on any atom is -1.00 e. The van der Waals surface area contributed by atoms with Crippen LogP contribution < -0.4 is 0 Å². The van der Waals surface area contributed by atoms with Crippen LogP contribution in [0.3, 0.4) is 0 Å². The Kier molecular flexibility index (Phi) is 482. The van der Waals surface area contributed by atoms with Gasteiger partial charge in [-0.3, -0.25) is 0 Å². The van der Waals surface area contributed by atoms with E-state index in [1.165, 1.54) is 0 Å². The molecular weight excluding hydrogens is 182 g/mol. The topological polar surface area (TPSA) is 0 Å². The van der Waals surface area contributed by atoms with Gasteiger partial charge in [0.25, 0.3) is 0 Å². The summed E-state index contributed by atoms with van der Waals surface area (Å²) in [5.41, 5.74) is 0. The van der Waals surface area contributed by atoms with Crippen molar-refractivity contribution < 1.29 is 5.71 Å². The molecule has 0 aromatic heterocycles. The molecule has 0 aliphatic rings. The molecule has 38 valence electrons. The number of hydrogen-bond donors (Lipinski definition) is 0.